The Balaban J connectivity index is 0.000000189. The van der Waals surface area contributed by atoms with Gasteiger partial charge >= 0.3 is 108 Å². The van der Waals surface area contributed by atoms with E-state index >= 15 is 0 Å². The van der Waals surface area contributed by atoms with Crippen LogP contribution in [0.4, 0.5) is 0 Å². The number of nitrogens with zero attached hydrogens (tertiary/aromatic N) is 2. The summed E-state index contributed by atoms with van der Waals surface area (Å²) >= 11 is -0.0592. The zero-order valence-electron chi connectivity index (χ0n) is 15.6. The molecule has 0 amide bonds. The van der Waals surface area contributed by atoms with E-state index in [0.717, 1.165) is 60.7 Å². The van der Waals surface area contributed by atoms with Crippen LogP contribution >= 0.6 is 0 Å². The Morgan fingerprint density at radius 3 is 2.69 bits per heavy atom. The summed E-state index contributed by atoms with van der Waals surface area (Å²) in [6, 6.07) is 9.55. The molecule has 0 aliphatic rings. The second kappa shape index (κ2) is 10.9. The number of imidazole rings is 1. The zero-order valence-corrected chi connectivity index (χ0v) is 18.4. The van der Waals surface area contributed by atoms with Gasteiger partial charge in [0.2, 0.25) is 0 Å². The average Bonchev–Trinajstić information content (AvgIpc) is 3.07. The number of benzene rings is 1. The quantitative estimate of drug-likeness (QED) is 0.399. The molecular formula is C18H22N3NaO3S. The van der Waals surface area contributed by atoms with E-state index in [1.165, 1.54) is 5.56 Å². The van der Waals surface area contributed by atoms with Crippen LogP contribution in [0.25, 0.3) is 11.0 Å². The van der Waals surface area contributed by atoms with Crippen molar-refractivity contribution in [3.8, 4) is 5.75 Å². The van der Waals surface area contributed by atoms with Gasteiger partial charge in [-0.3, -0.25) is 4.98 Å². The molecule has 0 saturated heterocycles. The molecule has 134 valence electrons. The smallest absolute Gasteiger partial charge is 0.321 e. The van der Waals surface area contributed by atoms with Gasteiger partial charge in [-0.15, -0.1) is 0 Å². The van der Waals surface area contributed by atoms with Crippen LogP contribution in [-0.2, 0) is 15.9 Å². The molecule has 0 saturated carbocycles. The molecule has 0 spiro atoms. The van der Waals surface area contributed by atoms with Gasteiger partial charge in [-0.1, -0.05) is 12.1 Å². The topological polar surface area (TPSA) is 83.1 Å². The van der Waals surface area contributed by atoms with Gasteiger partial charge in [0.15, 0.2) is 0 Å². The molecule has 0 bridgehead atoms. The summed E-state index contributed by atoms with van der Waals surface area (Å²) in [5.41, 5.74) is 2.97. The van der Waals surface area contributed by atoms with Crippen LogP contribution in [0.3, 0.4) is 0 Å². The van der Waals surface area contributed by atoms with Crippen LogP contribution in [0.15, 0.2) is 41.7 Å². The Morgan fingerprint density at radius 1 is 1.23 bits per heavy atom. The summed E-state index contributed by atoms with van der Waals surface area (Å²) in [5, 5.41) is 0.538. The van der Waals surface area contributed by atoms with Crippen LogP contribution in [-0.4, -0.2) is 74.0 Å². The molecule has 2 heterocycles. The molecule has 1 atom stereocenters. The number of H-pyrrole nitrogens is 1. The zero-order chi connectivity index (χ0) is 18.9. The summed E-state index contributed by atoms with van der Waals surface area (Å²) in [4.78, 5) is 11.4. The number of fused-ring (bicyclic) bond motifs is 1. The van der Waals surface area contributed by atoms with Gasteiger partial charge in [0.05, 0.1) is 11.0 Å². The third-order valence-corrected chi connectivity index (χ3v) is 5.54. The maximum atomic E-state index is 11.0. The van der Waals surface area contributed by atoms with Crippen molar-refractivity contribution in [3.05, 3.63) is 42.1 Å². The Labute approximate surface area is 174 Å². The number of rotatable bonds is 6. The van der Waals surface area contributed by atoms with Gasteiger partial charge in [0, 0.05) is 11.2 Å². The fraction of sp³-hybridized carbons (Fsp3) is 0.333. The molecule has 26 heavy (non-hydrogen) atoms. The van der Waals surface area contributed by atoms with Gasteiger partial charge in [0.25, 0.3) is 0 Å². The number of methoxy groups -OCH3 is 1. The normalized spacial score (nSPS) is 11.8. The minimum absolute atomic E-state index is 0.538. The van der Waals surface area contributed by atoms with Crippen molar-refractivity contribution in [3.63, 3.8) is 0 Å². The number of hydrogen-bond acceptors (Lipinski definition) is 5. The predicted octanol–water partition coefficient (Wildman–Crippen LogP) is 1.90. The van der Waals surface area contributed by atoms with E-state index in [-0.39, 0.29) is 0 Å². The van der Waals surface area contributed by atoms with E-state index < -0.39 is 11.2 Å². The third kappa shape index (κ3) is 6.26. The molecule has 0 radical (unpaired) electrons. The van der Waals surface area contributed by atoms with Crippen LogP contribution < -0.4 is 7.68 Å². The van der Waals surface area contributed by atoms with Crippen molar-refractivity contribution in [2.24, 2.45) is 0 Å². The van der Waals surface area contributed by atoms with Gasteiger partial charge in [-0.2, -0.15) is 4.98 Å². The number of aromatic nitrogens is 3. The summed E-state index contributed by atoms with van der Waals surface area (Å²) < 4.78 is 22.8. The first kappa shape index (κ1) is 21.2. The number of nitrogens with one attached hydrogen (secondary N) is 1. The third-order valence-electron chi connectivity index (χ3n) is 3.80. The van der Waals surface area contributed by atoms with Crippen molar-refractivity contribution in [1.82, 2.24) is 15.0 Å². The molecule has 0 fully saturated rings. The van der Waals surface area contributed by atoms with E-state index in [9.17, 15) is 4.55 Å². The van der Waals surface area contributed by atoms with Crippen molar-refractivity contribution in [2.45, 2.75) is 18.5 Å². The van der Waals surface area contributed by atoms with Crippen molar-refractivity contribution >= 4 is 53.1 Å². The summed E-state index contributed by atoms with van der Waals surface area (Å²) in [5.74, 6) is 0.959. The molecule has 1 unspecified atom stereocenters. The van der Waals surface area contributed by atoms with Gasteiger partial charge in [-0.05, 0) is 12.1 Å². The minimum Gasteiger partial charge on any atom is -0.609 e. The van der Waals surface area contributed by atoms with Gasteiger partial charge in [-0.25, -0.2) is 0 Å². The molecule has 1 aromatic carbocycles. The molecule has 3 rings (SSSR count). The van der Waals surface area contributed by atoms with Gasteiger partial charge in [0.1, 0.15) is 6.26 Å². The Morgan fingerprint density at radius 2 is 2.00 bits per heavy atom. The summed E-state index contributed by atoms with van der Waals surface area (Å²) in [7, 11) is 1.70. The fourth-order valence-corrected chi connectivity index (χ4v) is 3.10. The Kier molecular flexibility index (Phi) is 8.90. The van der Waals surface area contributed by atoms with Crippen LogP contribution in [0.2, 0.25) is 0 Å². The first-order valence-electron chi connectivity index (χ1n) is 8.35. The van der Waals surface area contributed by atoms with Crippen molar-refractivity contribution < 1.29 is 14.0 Å². The molecule has 3 aromatic rings. The van der Waals surface area contributed by atoms with Crippen molar-refractivity contribution in [2.75, 3.05) is 26.6 Å². The molecule has 8 heteroatoms. The number of ether oxygens (including phenoxy) is 2. The molecule has 1 N–H and O–H groups in total. The minimum atomic E-state index is -1.03. The SMILES string of the molecule is COCCCOc1ccn[c]([Na])c1C.C[S+]([O-])c1nc2ccccc2[nH]1. The number of para-hydroxylation sites is 2. The summed E-state index contributed by atoms with van der Waals surface area (Å²) in [6.45, 7) is 3.51. The maximum Gasteiger partial charge on any atom is 0.321 e. The first-order valence-corrected chi connectivity index (χ1v) is 10.9. The van der Waals surface area contributed by atoms with E-state index in [1.54, 1.807) is 19.6 Å². The number of aromatic amines is 1. The second-order valence-electron chi connectivity index (χ2n) is 5.73. The Bertz CT molecular complexity index is 793. The monoisotopic (exact) mass is 383 g/mol. The Hall–Kier alpha value is -1.09. The molecule has 0 aliphatic heterocycles. The van der Waals surface area contributed by atoms with Crippen molar-refractivity contribution in [1.29, 1.82) is 0 Å². The van der Waals surface area contributed by atoms with Crippen LogP contribution in [0, 0.1) is 6.92 Å². The molecular weight excluding hydrogens is 361 g/mol. The van der Waals surface area contributed by atoms with Gasteiger partial charge < -0.3 is 4.55 Å². The van der Waals surface area contributed by atoms with Crippen LogP contribution in [0.1, 0.15) is 12.0 Å². The number of pyridine rings is 1. The largest absolute Gasteiger partial charge is 0.609 e. The average molecular weight is 383 g/mol. The maximum absolute atomic E-state index is 11.0. The number of hydrogen-bond donors (Lipinski definition) is 1. The summed E-state index contributed by atoms with van der Waals surface area (Å²) in [6.07, 6.45) is 4.34. The molecule has 0 aliphatic carbocycles. The van der Waals surface area contributed by atoms with E-state index in [4.69, 9.17) is 9.47 Å². The first-order chi connectivity index (χ1) is 12.5. The van der Waals surface area contributed by atoms with E-state index in [2.05, 4.69) is 21.9 Å². The van der Waals surface area contributed by atoms with E-state index in [1.807, 2.05) is 30.3 Å². The predicted molar refractivity (Wildman–Crippen MR) is 105 cm³/mol. The second-order valence-corrected chi connectivity index (χ2v) is 7.97. The van der Waals surface area contributed by atoms with Crippen LogP contribution in [0.5, 0.6) is 5.75 Å². The molecule has 2 aromatic heterocycles. The molecule has 6 nitrogen and oxygen atoms in total. The standard InChI is InChI=1S/C10H14NO2.C8H8N2OS.Na/c1-9-8-11-5-4-10(9)13-7-3-6-12-2;1-12(11)8-9-6-4-2-3-5-7(6)10-8;/h4-5H,3,6-7H2,1-2H3;2-5H,1H3,(H,9,10);. The fourth-order valence-electron chi connectivity index (χ4n) is 2.22. The van der Waals surface area contributed by atoms with E-state index in [0.29, 0.717) is 11.8 Å².